The third kappa shape index (κ3) is 7.49. The molecule has 8 nitrogen and oxygen atoms in total. The number of carbonyl (C=O) groups excluding carboxylic acids is 1. The average Bonchev–Trinajstić information content (AvgIpc) is 2.91. The number of hydrogen-bond acceptors (Lipinski definition) is 6. The maximum atomic E-state index is 12.7. The van der Waals surface area contributed by atoms with Crippen LogP contribution in [0.2, 0.25) is 5.02 Å². The molecule has 0 heterocycles. The molecule has 0 atom stereocenters. The number of sulfonamides is 1. The lowest BCUT2D eigenvalue weighted by Crippen LogP contribution is -2.39. The van der Waals surface area contributed by atoms with Gasteiger partial charge in [0.05, 0.1) is 24.8 Å². The summed E-state index contributed by atoms with van der Waals surface area (Å²) >= 11 is 6.05. The number of halogens is 1. The summed E-state index contributed by atoms with van der Waals surface area (Å²) in [5, 5.41) is 6.23. The Balaban J connectivity index is 1.44. The van der Waals surface area contributed by atoms with Crippen molar-refractivity contribution in [2.45, 2.75) is 13.5 Å². The van der Waals surface area contributed by atoms with Gasteiger partial charge in [-0.2, -0.15) is 5.10 Å². The molecule has 0 aliphatic rings. The van der Waals surface area contributed by atoms with Crippen molar-refractivity contribution in [1.82, 2.24) is 5.43 Å². The van der Waals surface area contributed by atoms with E-state index < -0.39 is 22.5 Å². The molecular weight excluding hydrogens is 538 g/mol. The van der Waals surface area contributed by atoms with Gasteiger partial charge in [-0.05, 0) is 59.8 Å². The summed E-state index contributed by atoms with van der Waals surface area (Å²) in [6, 6.07) is 25.4. The molecule has 0 aromatic heterocycles. The van der Waals surface area contributed by atoms with Crippen LogP contribution in [0.25, 0.3) is 10.8 Å². The van der Waals surface area contributed by atoms with Gasteiger partial charge >= 0.3 is 0 Å². The fourth-order valence-corrected chi connectivity index (χ4v) is 5.01. The summed E-state index contributed by atoms with van der Waals surface area (Å²) in [5.41, 5.74) is 4.41. The van der Waals surface area contributed by atoms with Gasteiger partial charge in [-0.3, -0.25) is 9.10 Å². The monoisotopic (exact) mass is 565 g/mol. The van der Waals surface area contributed by atoms with Crippen LogP contribution in [-0.4, -0.2) is 39.9 Å². The number of nitrogens with zero attached hydrogens (tertiary/aromatic N) is 2. The van der Waals surface area contributed by atoms with Gasteiger partial charge in [-0.1, -0.05) is 60.1 Å². The van der Waals surface area contributed by atoms with Crippen LogP contribution in [0.15, 0.2) is 90.0 Å². The van der Waals surface area contributed by atoms with Gasteiger partial charge in [-0.25, -0.2) is 13.8 Å². The molecule has 1 N–H and O–H groups in total. The zero-order valence-corrected chi connectivity index (χ0v) is 23.1. The molecular formula is C29H28ClN3O5S. The summed E-state index contributed by atoms with van der Waals surface area (Å²) in [6.45, 7) is 2.19. The quantitative estimate of drug-likeness (QED) is 0.194. The smallest absolute Gasteiger partial charge is 0.260 e. The molecule has 4 aromatic carbocycles. The lowest BCUT2D eigenvalue weighted by molar-refractivity contribution is -0.119. The Hall–Kier alpha value is -4.08. The number of amides is 1. The molecule has 0 radical (unpaired) electrons. The first-order valence-corrected chi connectivity index (χ1v) is 14.4. The highest BCUT2D eigenvalue weighted by atomic mass is 35.5. The van der Waals surface area contributed by atoms with Crippen LogP contribution in [0, 0.1) is 0 Å². The fourth-order valence-electron chi connectivity index (χ4n) is 3.93. The molecule has 0 spiro atoms. The third-order valence-electron chi connectivity index (χ3n) is 5.68. The SMILES string of the molecule is CCOc1cc(/C=N\NC(=O)CN(c2cccc3ccccc23)S(C)(=O)=O)ccc1OCc1cccc(Cl)c1. The standard InChI is InChI=1S/C29H28ClN3O5S/c1-3-37-28-17-21(14-15-27(28)38-20-22-8-6-11-24(30)16-22)18-31-32-29(34)19-33(39(2,35)36)26-13-7-10-23-9-4-5-12-25(23)26/h4-18H,3,19-20H2,1-2H3,(H,32,34)/b31-18-. The van der Waals surface area contributed by atoms with Crippen molar-refractivity contribution in [2.75, 3.05) is 23.7 Å². The van der Waals surface area contributed by atoms with E-state index in [0.717, 1.165) is 26.9 Å². The number of benzene rings is 4. The van der Waals surface area contributed by atoms with Gasteiger partial charge < -0.3 is 9.47 Å². The number of fused-ring (bicyclic) bond motifs is 1. The maximum Gasteiger partial charge on any atom is 0.260 e. The van der Waals surface area contributed by atoms with E-state index >= 15 is 0 Å². The molecule has 0 saturated carbocycles. The minimum atomic E-state index is -3.74. The zero-order chi connectivity index (χ0) is 27.8. The number of hydrazone groups is 1. The van der Waals surface area contributed by atoms with E-state index in [9.17, 15) is 13.2 Å². The largest absolute Gasteiger partial charge is 0.490 e. The highest BCUT2D eigenvalue weighted by molar-refractivity contribution is 7.92. The Labute approximate surface area is 232 Å². The Morgan fingerprint density at radius 1 is 0.974 bits per heavy atom. The second kappa shape index (κ2) is 12.6. The molecule has 0 aliphatic carbocycles. The molecule has 0 unspecified atom stereocenters. The highest BCUT2D eigenvalue weighted by Gasteiger charge is 2.22. The molecule has 0 saturated heterocycles. The van der Waals surface area contributed by atoms with E-state index in [1.54, 1.807) is 36.4 Å². The summed E-state index contributed by atoms with van der Waals surface area (Å²) in [7, 11) is -3.74. The number of rotatable bonds is 11. The van der Waals surface area contributed by atoms with Crippen molar-refractivity contribution < 1.29 is 22.7 Å². The van der Waals surface area contributed by atoms with Crippen LogP contribution >= 0.6 is 11.6 Å². The number of nitrogens with one attached hydrogen (secondary N) is 1. The minimum absolute atomic E-state index is 0.317. The number of ether oxygens (including phenoxy) is 2. The van der Waals surface area contributed by atoms with Crippen molar-refractivity contribution in [3.63, 3.8) is 0 Å². The second-order valence-corrected chi connectivity index (χ2v) is 11.0. The van der Waals surface area contributed by atoms with E-state index in [1.165, 1.54) is 6.21 Å². The molecule has 0 fully saturated rings. The van der Waals surface area contributed by atoms with Crippen LogP contribution in [0.4, 0.5) is 5.69 Å². The van der Waals surface area contributed by atoms with Crippen LogP contribution in [-0.2, 0) is 21.4 Å². The fraction of sp³-hybridized carbons (Fsp3) is 0.172. The van der Waals surface area contributed by atoms with Crippen molar-refractivity contribution in [1.29, 1.82) is 0 Å². The molecule has 4 rings (SSSR count). The Morgan fingerprint density at radius 3 is 2.51 bits per heavy atom. The van der Waals surface area contributed by atoms with Gasteiger partial charge in [-0.15, -0.1) is 0 Å². The molecule has 0 aliphatic heterocycles. The maximum absolute atomic E-state index is 12.7. The summed E-state index contributed by atoms with van der Waals surface area (Å²) in [4.78, 5) is 12.7. The van der Waals surface area contributed by atoms with E-state index in [4.69, 9.17) is 21.1 Å². The number of anilines is 1. The van der Waals surface area contributed by atoms with Crippen LogP contribution in [0.5, 0.6) is 11.5 Å². The Kier molecular flexibility index (Phi) is 9.06. The van der Waals surface area contributed by atoms with Crippen molar-refractivity contribution in [3.05, 3.63) is 101 Å². The molecule has 1 amide bonds. The van der Waals surface area contributed by atoms with E-state index in [0.29, 0.717) is 41.0 Å². The van der Waals surface area contributed by atoms with Crippen LogP contribution < -0.4 is 19.2 Å². The second-order valence-electron chi connectivity index (χ2n) is 8.62. The normalized spacial score (nSPS) is 11.5. The Morgan fingerprint density at radius 2 is 1.74 bits per heavy atom. The van der Waals surface area contributed by atoms with E-state index in [1.807, 2.05) is 55.5 Å². The molecule has 10 heteroatoms. The minimum Gasteiger partial charge on any atom is -0.490 e. The van der Waals surface area contributed by atoms with Gasteiger partial charge in [0, 0.05) is 10.4 Å². The predicted molar refractivity (Wildman–Crippen MR) is 155 cm³/mol. The highest BCUT2D eigenvalue weighted by Crippen LogP contribution is 2.30. The lowest BCUT2D eigenvalue weighted by atomic mass is 10.1. The van der Waals surface area contributed by atoms with Crippen molar-refractivity contribution >= 4 is 50.2 Å². The first-order valence-electron chi connectivity index (χ1n) is 12.2. The van der Waals surface area contributed by atoms with Crippen LogP contribution in [0.1, 0.15) is 18.1 Å². The van der Waals surface area contributed by atoms with Gasteiger partial charge in [0.1, 0.15) is 13.2 Å². The van der Waals surface area contributed by atoms with Gasteiger partial charge in [0.2, 0.25) is 10.0 Å². The first-order chi connectivity index (χ1) is 18.7. The molecule has 0 bridgehead atoms. The Bertz CT molecular complexity index is 1600. The molecule has 39 heavy (non-hydrogen) atoms. The van der Waals surface area contributed by atoms with Gasteiger partial charge in [0.25, 0.3) is 5.91 Å². The number of carbonyl (C=O) groups is 1. The third-order valence-corrected chi connectivity index (χ3v) is 7.04. The van der Waals surface area contributed by atoms with Gasteiger partial charge in [0.15, 0.2) is 11.5 Å². The zero-order valence-electron chi connectivity index (χ0n) is 21.5. The first kappa shape index (κ1) is 27.9. The van der Waals surface area contributed by atoms with Crippen molar-refractivity contribution in [2.24, 2.45) is 5.10 Å². The molecule has 202 valence electrons. The summed E-state index contributed by atoms with van der Waals surface area (Å²) in [5.74, 6) is 0.488. The topological polar surface area (TPSA) is 97.3 Å². The van der Waals surface area contributed by atoms with Crippen LogP contribution in [0.3, 0.4) is 0 Å². The summed E-state index contributed by atoms with van der Waals surface area (Å²) < 4.78 is 37.8. The van der Waals surface area contributed by atoms with E-state index in [2.05, 4.69) is 10.5 Å². The number of hydrogen-bond donors (Lipinski definition) is 1. The molecule has 4 aromatic rings. The summed E-state index contributed by atoms with van der Waals surface area (Å²) in [6.07, 6.45) is 2.51. The average molecular weight is 566 g/mol. The predicted octanol–water partition coefficient (Wildman–Crippen LogP) is 5.39. The lowest BCUT2D eigenvalue weighted by Gasteiger charge is -2.23. The van der Waals surface area contributed by atoms with E-state index in [-0.39, 0.29) is 0 Å². The van der Waals surface area contributed by atoms with Crippen molar-refractivity contribution in [3.8, 4) is 11.5 Å².